The summed E-state index contributed by atoms with van der Waals surface area (Å²) in [5.41, 5.74) is 0. The molecule has 1 N–H and O–H groups in total. The lowest BCUT2D eigenvalue weighted by Crippen LogP contribution is -2.40. The van der Waals surface area contributed by atoms with E-state index in [2.05, 4.69) is 44.1 Å². The Morgan fingerprint density at radius 3 is 2.67 bits per heavy atom. The normalized spacial score (nSPS) is 15.0. The van der Waals surface area contributed by atoms with Gasteiger partial charge in [-0.1, -0.05) is 24.9 Å². The Balaban J connectivity index is 2.30. The smallest absolute Gasteiger partial charge is 0.0931 e. The maximum atomic E-state index is 5.95. The zero-order chi connectivity index (χ0) is 13.5. The van der Waals surface area contributed by atoms with Crippen molar-refractivity contribution in [3.63, 3.8) is 0 Å². The largest absolute Gasteiger partial charge is 0.313 e. The van der Waals surface area contributed by atoms with Gasteiger partial charge in [-0.2, -0.15) is 0 Å². The van der Waals surface area contributed by atoms with Crippen LogP contribution >= 0.6 is 22.9 Å². The van der Waals surface area contributed by atoms with Gasteiger partial charge in [-0.3, -0.25) is 4.90 Å². The van der Waals surface area contributed by atoms with Crippen LogP contribution < -0.4 is 5.32 Å². The van der Waals surface area contributed by atoms with Gasteiger partial charge in [0.05, 0.1) is 4.34 Å². The lowest BCUT2D eigenvalue weighted by Gasteiger charge is -2.26. The first-order valence-electron chi connectivity index (χ1n) is 6.70. The predicted molar refractivity (Wildman–Crippen MR) is 82.6 cm³/mol. The number of halogens is 1. The SMILES string of the molecule is CCCC(C)NCC(C)N(C)Cc1ccc(Cl)s1. The maximum absolute atomic E-state index is 5.95. The van der Waals surface area contributed by atoms with E-state index in [-0.39, 0.29) is 0 Å². The summed E-state index contributed by atoms with van der Waals surface area (Å²) in [4.78, 5) is 3.70. The highest BCUT2D eigenvalue weighted by Crippen LogP contribution is 2.22. The molecule has 0 saturated heterocycles. The molecule has 0 amide bonds. The van der Waals surface area contributed by atoms with E-state index in [9.17, 15) is 0 Å². The van der Waals surface area contributed by atoms with Crippen molar-refractivity contribution in [2.45, 2.75) is 52.2 Å². The fourth-order valence-electron chi connectivity index (χ4n) is 1.90. The molecular formula is C14H25ClN2S. The van der Waals surface area contributed by atoms with Crippen LogP contribution in [0.3, 0.4) is 0 Å². The molecule has 2 atom stereocenters. The Labute approximate surface area is 120 Å². The number of thiophene rings is 1. The van der Waals surface area contributed by atoms with Gasteiger partial charge in [0.1, 0.15) is 0 Å². The third-order valence-corrected chi connectivity index (χ3v) is 4.49. The fraction of sp³-hybridized carbons (Fsp3) is 0.714. The molecule has 0 spiro atoms. The number of nitrogens with zero attached hydrogens (tertiary/aromatic N) is 1. The van der Waals surface area contributed by atoms with Crippen LogP contribution in [0, 0.1) is 0 Å². The van der Waals surface area contributed by atoms with Gasteiger partial charge in [0.15, 0.2) is 0 Å². The summed E-state index contributed by atoms with van der Waals surface area (Å²) in [5.74, 6) is 0. The molecule has 0 fully saturated rings. The van der Waals surface area contributed by atoms with E-state index in [0.717, 1.165) is 17.4 Å². The molecule has 2 unspecified atom stereocenters. The van der Waals surface area contributed by atoms with E-state index in [1.165, 1.54) is 17.7 Å². The zero-order valence-electron chi connectivity index (χ0n) is 11.9. The summed E-state index contributed by atoms with van der Waals surface area (Å²) in [6.45, 7) is 8.77. The summed E-state index contributed by atoms with van der Waals surface area (Å²) < 4.78 is 0.876. The van der Waals surface area contributed by atoms with Crippen molar-refractivity contribution in [1.29, 1.82) is 0 Å². The molecule has 0 aliphatic carbocycles. The molecule has 18 heavy (non-hydrogen) atoms. The van der Waals surface area contributed by atoms with Crippen LogP contribution in [0.15, 0.2) is 12.1 Å². The molecule has 0 radical (unpaired) electrons. The molecule has 1 heterocycles. The molecule has 2 nitrogen and oxygen atoms in total. The van der Waals surface area contributed by atoms with Crippen molar-refractivity contribution in [3.05, 3.63) is 21.3 Å². The monoisotopic (exact) mass is 288 g/mol. The van der Waals surface area contributed by atoms with Crippen LogP contribution in [0.2, 0.25) is 4.34 Å². The van der Waals surface area contributed by atoms with Gasteiger partial charge in [0.25, 0.3) is 0 Å². The molecule has 0 aliphatic rings. The lowest BCUT2D eigenvalue weighted by molar-refractivity contribution is 0.239. The van der Waals surface area contributed by atoms with Crippen molar-refractivity contribution in [2.24, 2.45) is 0 Å². The Kier molecular flexibility index (Phi) is 7.23. The van der Waals surface area contributed by atoms with Crippen molar-refractivity contribution >= 4 is 22.9 Å². The average Bonchev–Trinajstić information content (AvgIpc) is 2.72. The van der Waals surface area contributed by atoms with E-state index >= 15 is 0 Å². The van der Waals surface area contributed by atoms with Gasteiger partial charge in [-0.15, -0.1) is 11.3 Å². The number of hydrogen-bond donors (Lipinski definition) is 1. The maximum Gasteiger partial charge on any atom is 0.0931 e. The lowest BCUT2D eigenvalue weighted by atomic mass is 10.2. The third kappa shape index (κ3) is 5.70. The zero-order valence-corrected chi connectivity index (χ0v) is 13.4. The second kappa shape index (κ2) is 8.16. The van der Waals surface area contributed by atoms with Crippen molar-refractivity contribution in [3.8, 4) is 0 Å². The van der Waals surface area contributed by atoms with Crippen LogP contribution in [0.4, 0.5) is 0 Å². The molecule has 0 saturated carbocycles. The summed E-state index contributed by atoms with van der Waals surface area (Å²) in [6.07, 6.45) is 2.49. The second-order valence-electron chi connectivity index (χ2n) is 5.07. The van der Waals surface area contributed by atoms with Gasteiger partial charge in [-0.05, 0) is 39.4 Å². The molecule has 4 heteroatoms. The molecule has 1 aromatic heterocycles. The second-order valence-corrected chi connectivity index (χ2v) is 6.87. The van der Waals surface area contributed by atoms with E-state index in [1.807, 2.05) is 6.07 Å². The van der Waals surface area contributed by atoms with Crippen molar-refractivity contribution in [2.75, 3.05) is 13.6 Å². The van der Waals surface area contributed by atoms with Crippen molar-refractivity contribution < 1.29 is 0 Å². The minimum absolute atomic E-state index is 0.533. The molecule has 1 aromatic rings. The predicted octanol–water partition coefficient (Wildman–Crippen LogP) is 4.00. The summed E-state index contributed by atoms with van der Waals surface area (Å²) in [7, 11) is 2.17. The van der Waals surface area contributed by atoms with Crippen LogP contribution in [-0.4, -0.2) is 30.6 Å². The van der Waals surface area contributed by atoms with Crippen molar-refractivity contribution in [1.82, 2.24) is 10.2 Å². The highest BCUT2D eigenvalue weighted by Gasteiger charge is 2.11. The highest BCUT2D eigenvalue weighted by atomic mass is 35.5. The first kappa shape index (κ1) is 16.0. The minimum atomic E-state index is 0.533. The Bertz CT molecular complexity index is 340. The minimum Gasteiger partial charge on any atom is -0.313 e. The fourth-order valence-corrected chi connectivity index (χ4v) is 3.05. The average molecular weight is 289 g/mol. The molecular weight excluding hydrogens is 264 g/mol. The molecule has 0 aromatic carbocycles. The molecule has 1 rings (SSSR count). The molecule has 0 aliphatic heterocycles. The van der Waals surface area contributed by atoms with Gasteiger partial charge in [-0.25, -0.2) is 0 Å². The third-order valence-electron chi connectivity index (χ3n) is 3.27. The summed E-state index contributed by atoms with van der Waals surface area (Å²) >= 11 is 7.62. The van der Waals surface area contributed by atoms with E-state index in [0.29, 0.717) is 12.1 Å². The highest BCUT2D eigenvalue weighted by molar-refractivity contribution is 7.16. The first-order chi connectivity index (χ1) is 8.52. The van der Waals surface area contributed by atoms with Gasteiger partial charge >= 0.3 is 0 Å². The topological polar surface area (TPSA) is 15.3 Å². The molecule has 104 valence electrons. The summed E-state index contributed by atoms with van der Waals surface area (Å²) in [5, 5.41) is 3.59. The van der Waals surface area contributed by atoms with Gasteiger partial charge in [0, 0.05) is 30.1 Å². The van der Waals surface area contributed by atoms with Gasteiger partial charge in [0.2, 0.25) is 0 Å². The van der Waals surface area contributed by atoms with E-state index < -0.39 is 0 Å². The van der Waals surface area contributed by atoms with Crippen LogP contribution in [-0.2, 0) is 6.54 Å². The Hall–Kier alpha value is -0.0900. The summed E-state index contributed by atoms with van der Waals surface area (Å²) in [6, 6.07) is 5.23. The Morgan fingerprint density at radius 1 is 1.39 bits per heavy atom. The number of likely N-dealkylation sites (N-methyl/N-ethyl adjacent to an activating group) is 1. The quantitative estimate of drug-likeness (QED) is 0.778. The Morgan fingerprint density at radius 2 is 2.11 bits per heavy atom. The van der Waals surface area contributed by atoms with E-state index in [4.69, 9.17) is 11.6 Å². The van der Waals surface area contributed by atoms with Crippen LogP contribution in [0.5, 0.6) is 0 Å². The van der Waals surface area contributed by atoms with Gasteiger partial charge < -0.3 is 5.32 Å². The van der Waals surface area contributed by atoms with Crippen LogP contribution in [0.1, 0.15) is 38.5 Å². The number of nitrogens with one attached hydrogen (secondary N) is 1. The first-order valence-corrected chi connectivity index (χ1v) is 7.90. The van der Waals surface area contributed by atoms with E-state index in [1.54, 1.807) is 11.3 Å². The van der Waals surface area contributed by atoms with Crippen LogP contribution in [0.25, 0.3) is 0 Å². The number of hydrogen-bond acceptors (Lipinski definition) is 3. The standard InChI is InChI=1S/C14H25ClN2S/c1-5-6-11(2)16-9-12(3)17(4)10-13-7-8-14(15)18-13/h7-8,11-12,16H,5-6,9-10H2,1-4H3. The number of rotatable bonds is 8. The molecule has 0 bridgehead atoms.